The average molecular weight is 577 g/mol. The standard InChI is InChI=1S/C28H19BrClN3O4/c29-18-9-5-17(6-10-18)26-20-3-1-2-4-21(20)31-28(37)27(26)22-15-23(16-7-11-19(30)12-8-16)33(32-22)24(34)13-14-25(35)36/h1-14,23H,15H2,(H,31,37)(H,35,36)/b14-13-. The summed E-state index contributed by atoms with van der Waals surface area (Å²) in [7, 11) is 0. The van der Waals surface area contributed by atoms with Crippen LogP contribution < -0.4 is 5.56 Å². The number of aromatic nitrogens is 1. The molecular formula is C28H19BrClN3O4. The summed E-state index contributed by atoms with van der Waals surface area (Å²) < 4.78 is 0.898. The van der Waals surface area contributed by atoms with E-state index in [0.29, 0.717) is 27.4 Å². The molecule has 184 valence electrons. The molecule has 1 aromatic heterocycles. The van der Waals surface area contributed by atoms with E-state index in [1.165, 1.54) is 5.01 Å². The fourth-order valence-electron chi connectivity index (χ4n) is 4.46. The second-order valence-electron chi connectivity index (χ2n) is 8.43. The maximum Gasteiger partial charge on any atom is 0.328 e. The van der Waals surface area contributed by atoms with Gasteiger partial charge in [0.2, 0.25) is 0 Å². The number of pyridine rings is 1. The molecule has 0 spiro atoms. The highest BCUT2D eigenvalue weighted by Crippen LogP contribution is 2.37. The van der Waals surface area contributed by atoms with Crippen LogP contribution in [0.3, 0.4) is 0 Å². The summed E-state index contributed by atoms with van der Waals surface area (Å²) >= 11 is 9.53. The summed E-state index contributed by atoms with van der Waals surface area (Å²) in [5.74, 6) is -1.86. The molecule has 0 radical (unpaired) electrons. The molecule has 0 bridgehead atoms. The third-order valence-electron chi connectivity index (χ3n) is 6.10. The lowest BCUT2D eigenvalue weighted by atomic mass is 9.91. The highest BCUT2D eigenvalue weighted by Gasteiger charge is 2.34. The maximum absolute atomic E-state index is 13.5. The molecule has 9 heteroatoms. The second-order valence-corrected chi connectivity index (χ2v) is 9.78. The zero-order valence-electron chi connectivity index (χ0n) is 19.2. The Kier molecular flexibility index (Phi) is 6.78. The van der Waals surface area contributed by atoms with Crippen LogP contribution in [0.15, 0.2) is 99.3 Å². The van der Waals surface area contributed by atoms with E-state index in [0.717, 1.165) is 33.1 Å². The number of para-hydroxylation sites is 1. The van der Waals surface area contributed by atoms with Gasteiger partial charge in [-0.1, -0.05) is 70.0 Å². The highest BCUT2D eigenvalue weighted by molar-refractivity contribution is 9.10. The van der Waals surface area contributed by atoms with Crippen molar-refractivity contribution in [1.29, 1.82) is 0 Å². The molecule has 0 saturated carbocycles. The van der Waals surface area contributed by atoms with E-state index in [4.69, 9.17) is 16.7 Å². The number of carboxylic acid groups (broad SMARTS) is 1. The molecule has 7 nitrogen and oxygen atoms in total. The number of rotatable bonds is 5. The van der Waals surface area contributed by atoms with Crippen molar-refractivity contribution in [2.24, 2.45) is 5.10 Å². The van der Waals surface area contributed by atoms with E-state index in [-0.39, 0.29) is 12.0 Å². The van der Waals surface area contributed by atoms with Gasteiger partial charge in [0.1, 0.15) is 0 Å². The number of hydrogen-bond donors (Lipinski definition) is 2. The van der Waals surface area contributed by atoms with Crippen molar-refractivity contribution >= 4 is 56.0 Å². The first-order valence-electron chi connectivity index (χ1n) is 11.3. The number of hydrazone groups is 1. The van der Waals surface area contributed by atoms with Crippen molar-refractivity contribution in [3.8, 4) is 11.1 Å². The van der Waals surface area contributed by atoms with Crippen molar-refractivity contribution in [2.75, 3.05) is 0 Å². The molecule has 0 aliphatic carbocycles. The number of fused-ring (bicyclic) bond motifs is 1. The first-order chi connectivity index (χ1) is 17.8. The van der Waals surface area contributed by atoms with E-state index in [9.17, 15) is 14.4 Å². The molecule has 1 atom stereocenters. The summed E-state index contributed by atoms with van der Waals surface area (Å²) in [6, 6.07) is 21.6. The molecule has 1 aliphatic rings. The molecule has 5 rings (SSSR count). The monoisotopic (exact) mass is 575 g/mol. The second kappa shape index (κ2) is 10.2. The van der Waals surface area contributed by atoms with Crippen LogP contribution in [-0.2, 0) is 9.59 Å². The highest BCUT2D eigenvalue weighted by atomic mass is 79.9. The zero-order valence-corrected chi connectivity index (χ0v) is 21.5. The molecule has 37 heavy (non-hydrogen) atoms. The molecule has 0 saturated heterocycles. The number of nitrogens with one attached hydrogen (secondary N) is 1. The molecule has 3 aromatic carbocycles. The summed E-state index contributed by atoms with van der Waals surface area (Å²) in [5.41, 5.74) is 3.40. The van der Waals surface area contributed by atoms with Crippen molar-refractivity contribution < 1.29 is 14.7 Å². The lowest BCUT2D eigenvalue weighted by Crippen LogP contribution is -2.25. The Morgan fingerprint density at radius 2 is 1.70 bits per heavy atom. The minimum atomic E-state index is -1.25. The van der Waals surface area contributed by atoms with Gasteiger partial charge in [0, 0.05) is 44.5 Å². The molecular weight excluding hydrogens is 558 g/mol. The number of halogens is 2. The lowest BCUT2D eigenvalue weighted by Gasteiger charge is -2.20. The SMILES string of the molecule is O=C(O)/C=C\C(=O)N1N=C(c2c(-c3ccc(Br)cc3)c3ccccc3[nH]c2=O)CC1c1ccc(Cl)cc1. The molecule has 2 N–H and O–H groups in total. The van der Waals surface area contributed by atoms with E-state index in [1.807, 2.05) is 48.5 Å². The Morgan fingerprint density at radius 3 is 2.41 bits per heavy atom. The van der Waals surface area contributed by atoms with Crippen molar-refractivity contribution in [3.63, 3.8) is 0 Å². The van der Waals surface area contributed by atoms with E-state index in [2.05, 4.69) is 26.0 Å². The Labute approximate surface area is 224 Å². The number of benzene rings is 3. The van der Waals surface area contributed by atoms with Gasteiger partial charge in [0.05, 0.1) is 17.3 Å². The summed E-state index contributed by atoms with van der Waals surface area (Å²) in [4.78, 5) is 40.5. The Hall–Kier alpha value is -4.01. The minimum Gasteiger partial charge on any atom is -0.478 e. The molecule has 1 amide bonds. The summed E-state index contributed by atoms with van der Waals surface area (Å²) in [5, 5.41) is 16.2. The van der Waals surface area contributed by atoms with Gasteiger partial charge < -0.3 is 10.1 Å². The Morgan fingerprint density at radius 1 is 1.00 bits per heavy atom. The number of H-pyrrole nitrogens is 1. The smallest absolute Gasteiger partial charge is 0.328 e. The van der Waals surface area contributed by atoms with Gasteiger partial charge in [-0.2, -0.15) is 5.10 Å². The number of carbonyl (C=O) groups excluding carboxylic acids is 1. The van der Waals surface area contributed by atoms with Crippen LogP contribution in [0.4, 0.5) is 0 Å². The van der Waals surface area contributed by atoms with Gasteiger partial charge in [0.25, 0.3) is 11.5 Å². The van der Waals surface area contributed by atoms with Crippen LogP contribution in [0.1, 0.15) is 23.6 Å². The number of carboxylic acids is 1. The number of aliphatic carboxylic acids is 1. The van der Waals surface area contributed by atoms with Crippen molar-refractivity contribution in [2.45, 2.75) is 12.5 Å². The topological polar surface area (TPSA) is 103 Å². The molecule has 1 aliphatic heterocycles. The van der Waals surface area contributed by atoms with Gasteiger partial charge in [0.15, 0.2) is 0 Å². The molecule has 4 aromatic rings. The lowest BCUT2D eigenvalue weighted by molar-refractivity contribution is -0.132. The fourth-order valence-corrected chi connectivity index (χ4v) is 4.85. The fraction of sp³-hybridized carbons (Fsp3) is 0.0714. The van der Waals surface area contributed by atoms with Crippen LogP contribution in [0.2, 0.25) is 5.02 Å². The Bertz CT molecular complexity index is 1640. The Balaban J connectivity index is 1.71. The van der Waals surface area contributed by atoms with Gasteiger partial charge in [-0.25, -0.2) is 9.80 Å². The van der Waals surface area contributed by atoms with Crippen molar-refractivity contribution in [1.82, 2.24) is 9.99 Å². The van der Waals surface area contributed by atoms with Gasteiger partial charge in [-0.15, -0.1) is 0 Å². The largest absolute Gasteiger partial charge is 0.478 e. The molecule has 2 heterocycles. The first kappa shape index (κ1) is 24.7. The predicted octanol–water partition coefficient (Wildman–Crippen LogP) is 5.93. The van der Waals surface area contributed by atoms with E-state index < -0.39 is 17.9 Å². The number of amides is 1. The van der Waals surface area contributed by atoms with Crippen LogP contribution in [0.5, 0.6) is 0 Å². The predicted molar refractivity (Wildman–Crippen MR) is 147 cm³/mol. The normalized spacial score (nSPS) is 15.4. The van der Waals surface area contributed by atoms with Crippen LogP contribution in [-0.4, -0.2) is 32.7 Å². The maximum atomic E-state index is 13.5. The number of carbonyl (C=O) groups is 2. The van der Waals surface area contributed by atoms with Gasteiger partial charge >= 0.3 is 5.97 Å². The quantitative estimate of drug-likeness (QED) is 0.288. The van der Waals surface area contributed by atoms with Crippen LogP contribution >= 0.6 is 27.5 Å². The van der Waals surface area contributed by atoms with E-state index in [1.54, 1.807) is 24.3 Å². The third-order valence-corrected chi connectivity index (χ3v) is 6.88. The minimum absolute atomic E-state index is 0.249. The summed E-state index contributed by atoms with van der Waals surface area (Å²) in [6.07, 6.45) is 1.97. The average Bonchev–Trinajstić information content (AvgIpc) is 3.32. The van der Waals surface area contributed by atoms with Crippen LogP contribution in [0.25, 0.3) is 22.0 Å². The van der Waals surface area contributed by atoms with Gasteiger partial charge in [-0.05, 0) is 41.5 Å². The molecule has 1 unspecified atom stereocenters. The third kappa shape index (κ3) is 4.98. The molecule has 0 fully saturated rings. The van der Waals surface area contributed by atoms with Crippen molar-refractivity contribution in [3.05, 3.63) is 116 Å². The number of aromatic amines is 1. The summed E-state index contributed by atoms with van der Waals surface area (Å²) in [6.45, 7) is 0. The van der Waals surface area contributed by atoms with E-state index >= 15 is 0 Å². The van der Waals surface area contributed by atoms with Crippen LogP contribution in [0, 0.1) is 0 Å². The number of hydrogen-bond acceptors (Lipinski definition) is 4. The first-order valence-corrected chi connectivity index (χ1v) is 12.5. The zero-order chi connectivity index (χ0) is 26.1. The number of nitrogens with zero attached hydrogens (tertiary/aromatic N) is 2. The van der Waals surface area contributed by atoms with Gasteiger partial charge in [-0.3, -0.25) is 9.59 Å².